The van der Waals surface area contributed by atoms with E-state index >= 15 is 0 Å². The van der Waals surface area contributed by atoms with E-state index in [4.69, 9.17) is 0 Å². The van der Waals surface area contributed by atoms with Crippen LogP contribution in [0.25, 0.3) is 5.69 Å². The predicted molar refractivity (Wildman–Crippen MR) is 83.4 cm³/mol. The Morgan fingerprint density at radius 2 is 2.09 bits per heavy atom. The monoisotopic (exact) mass is 311 g/mol. The Bertz CT molecular complexity index is 806. The first-order valence-corrected chi connectivity index (χ1v) is 7.92. The Morgan fingerprint density at radius 1 is 1.27 bits per heavy atom. The summed E-state index contributed by atoms with van der Waals surface area (Å²) in [5, 5.41) is 13.3. The van der Waals surface area contributed by atoms with Crippen LogP contribution in [0, 0.1) is 0 Å². The number of thiazole rings is 1. The number of para-hydroxylation sites is 1. The maximum atomic E-state index is 12.2. The average Bonchev–Trinajstić information content (AvgIpc) is 3.10. The van der Waals surface area contributed by atoms with E-state index in [9.17, 15) is 4.79 Å². The minimum absolute atomic E-state index is 0.270. The number of hydrogen-bond donors (Lipinski definition) is 1. The second-order valence-electron chi connectivity index (χ2n) is 5.19. The minimum atomic E-state index is -0.293. The van der Waals surface area contributed by atoms with E-state index in [1.165, 1.54) is 24.2 Å². The molecule has 1 saturated carbocycles. The molecule has 1 fully saturated rings. The number of nitrogens with one attached hydrogen (secondary N) is 1. The summed E-state index contributed by atoms with van der Waals surface area (Å²) in [5.41, 5.74) is 2.21. The molecule has 3 aromatic rings. The highest BCUT2D eigenvalue weighted by Crippen LogP contribution is 2.40. The van der Waals surface area contributed by atoms with Crippen LogP contribution in [0.5, 0.6) is 0 Å². The van der Waals surface area contributed by atoms with Crippen LogP contribution in [0.1, 0.15) is 34.9 Å². The summed E-state index contributed by atoms with van der Waals surface area (Å²) in [6.07, 6.45) is 4.01. The van der Waals surface area contributed by atoms with E-state index in [0.717, 1.165) is 11.4 Å². The van der Waals surface area contributed by atoms with Crippen LogP contribution >= 0.6 is 11.3 Å². The van der Waals surface area contributed by atoms with Gasteiger partial charge in [0, 0.05) is 11.3 Å². The number of hydrogen-bond acceptors (Lipinski definition) is 5. The fourth-order valence-electron chi connectivity index (χ4n) is 2.15. The molecule has 0 bridgehead atoms. The molecule has 22 heavy (non-hydrogen) atoms. The first-order valence-electron chi connectivity index (χ1n) is 7.04. The number of carbonyl (C=O) groups excluding carboxylic acids is 1. The van der Waals surface area contributed by atoms with Gasteiger partial charge in [0.05, 0.1) is 17.6 Å². The van der Waals surface area contributed by atoms with Gasteiger partial charge in [-0.05, 0) is 25.0 Å². The van der Waals surface area contributed by atoms with Crippen LogP contribution in [-0.4, -0.2) is 25.9 Å². The number of anilines is 1. The van der Waals surface area contributed by atoms with Gasteiger partial charge in [-0.1, -0.05) is 23.4 Å². The lowest BCUT2D eigenvalue weighted by Gasteiger charge is -1.98. The van der Waals surface area contributed by atoms with Gasteiger partial charge in [0.2, 0.25) is 0 Å². The number of nitrogens with zero attached hydrogens (tertiary/aromatic N) is 4. The highest BCUT2D eigenvalue weighted by atomic mass is 32.1. The highest BCUT2D eigenvalue weighted by Gasteiger charge is 2.26. The molecule has 0 unspecified atom stereocenters. The van der Waals surface area contributed by atoms with Crippen LogP contribution < -0.4 is 5.32 Å². The Morgan fingerprint density at radius 3 is 2.86 bits per heavy atom. The lowest BCUT2D eigenvalue weighted by Crippen LogP contribution is -2.12. The van der Waals surface area contributed by atoms with Gasteiger partial charge in [0.1, 0.15) is 0 Å². The lowest BCUT2D eigenvalue weighted by atomic mass is 10.3. The predicted octanol–water partition coefficient (Wildman–Crippen LogP) is 2.85. The molecule has 7 heteroatoms. The molecule has 0 atom stereocenters. The van der Waals surface area contributed by atoms with Crippen LogP contribution in [-0.2, 0) is 0 Å². The molecule has 1 aromatic carbocycles. The summed E-state index contributed by atoms with van der Waals surface area (Å²) in [6.45, 7) is 0. The lowest BCUT2D eigenvalue weighted by molar-refractivity contribution is 0.102. The first kappa shape index (κ1) is 13.1. The van der Waals surface area contributed by atoms with Gasteiger partial charge in [0.15, 0.2) is 10.8 Å². The first-order chi connectivity index (χ1) is 10.8. The second-order valence-corrected chi connectivity index (χ2v) is 6.05. The smallest absolute Gasteiger partial charge is 0.279 e. The van der Waals surface area contributed by atoms with Crippen molar-refractivity contribution in [3.05, 3.63) is 53.3 Å². The van der Waals surface area contributed by atoms with Crippen LogP contribution in [0.3, 0.4) is 0 Å². The van der Waals surface area contributed by atoms with Crippen molar-refractivity contribution in [2.45, 2.75) is 18.8 Å². The molecule has 0 spiro atoms. The van der Waals surface area contributed by atoms with E-state index < -0.39 is 0 Å². The van der Waals surface area contributed by atoms with Crippen molar-refractivity contribution in [3.63, 3.8) is 0 Å². The minimum Gasteiger partial charge on any atom is -0.296 e. The number of amides is 1. The largest absolute Gasteiger partial charge is 0.296 e. The molecule has 110 valence electrons. The van der Waals surface area contributed by atoms with Gasteiger partial charge < -0.3 is 0 Å². The second kappa shape index (κ2) is 5.34. The normalized spacial score (nSPS) is 14.0. The average molecular weight is 311 g/mol. The van der Waals surface area contributed by atoms with Crippen molar-refractivity contribution in [2.24, 2.45) is 0 Å². The summed E-state index contributed by atoms with van der Waals surface area (Å²) >= 11 is 1.45. The van der Waals surface area contributed by atoms with Crippen molar-refractivity contribution in [3.8, 4) is 5.69 Å². The maximum Gasteiger partial charge on any atom is 0.279 e. The van der Waals surface area contributed by atoms with Crippen LogP contribution in [0.15, 0.2) is 41.9 Å². The van der Waals surface area contributed by atoms with Gasteiger partial charge in [0.25, 0.3) is 5.91 Å². The van der Waals surface area contributed by atoms with E-state index in [0.29, 0.717) is 11.0 Å². The van der Waals surface area contributed by atoms with E-state index in [1.807, 2.05) is 35.7 Å². The van der Waals surface area contributed by atoms with E-state index in [-0.39, 0.29) is 11.6 Å². The molecular formula is C15H13N5OS. The Hall–Kier alpha value is -2.54. The van der Waals surface area contributed by atoms with Crippen molar-refractivity contribution in [1.82, 2.24) is 20.0 Å². The van der Waals surface area contributed by atoms with Gasteiger partial charge >= 0.3 is 0 Å². The molecule has 1 N–H and O–H groups in total. The fraction of sp³-hybridized carbons (Fsp3) is 0.200. The molecule has 0 aliphatic heterocycles. The molecule has 2 aromatic heterocycles. The molecule has 0 saturated heterocycles. The topological polar surface area (TPSA) is 72.7 Å². The third-order valence-electron chi connectivity index (χ3n) is 3.48. The summed E-state index contributed by atoms with van der Waals surface area (Å²) in [7, 11) is 0. The Kier molecular flexibility index (Phi) is 3.19. The molecule has 1 aliphatic carbocycles. The number of carbonyl (C=O) groups is 1. The Labute approximate surface area is 130 Å². The van der Waals surface area contributed by atoms with Gasteiger partial charge in [-0.2, -0.15) is 0 Å². The van der Waals surface area contributed by atoms with E-state index in [1.54, 1.807) is 10.9 Å². The molecule has 4 rings (SSSR count). The zero-order valence-corrected chi connectivity index (χ0v) is 12.5. The van der Waals surface area contributed by atoms with Gasteiger partial charge in [-0.25, -0.2) is 9.67 Å². The standard InChI is InChI=1S/C15H13N5OS/c21-14(17-15-16-13(9-22-15)10-6-7-10)12-8-20(19-18-12)11-4-2-1-3-5-11/h1-5,8-10H,6-7H2,(H,16,17,21). The SMILES string of the molecule is O=C(Nc1nc(C2CC2)cs1)c1cn(-c2ccccc2)nn1. The van der Waals surface area contributed by atoms with Crippen molar-refractivity contribution in [2.75, 3.05) is 5.32 Å². The molecule has 0 radical (unpaired) electrons. The van der Waals surface area contributed by atoms with Crippen molar-refractivity contribution >= 4 is 22.4 Å². The summed E-state index contributed by atoms with van der Waals surface area (Å²) in [6, 6.07) is 9.55. The number of benzene rings is 1. The Balaban J connectivity index is 1.49. The zero-order chi connectivity index (χ0) is 14.9. The summed E-state index contributed by atoms with van der Waals surface area (Å²) in [5.74, 6) is 0.291. The third-order valence-corrected chi connectivity index (χ3v) is 4.26. The molecular weight excluding hydrogens is 298 g/mol. The maximum absolute atomic E-state index is 12.2. The fourth-order valence-corrected chi connectivity index (χ4v) is 2.93. The summed E-state index contributed by atoms with van der Waals surface area (Å²) in [4.78, 5) is 16.6. The van der Waals surface area contributed by atoms with Crippen LogP contribution in [0.2, 0.25) is 0 Å². The quantitative estimate of drug-likeness (QED) is 0.804. The van der Waals surface area contributed by atoms with Crippen molar-refractivity contribution < 1.29 is 4.79 Å². The van der Waals surface area contributed by atoms with Crippen molar-refractivity contribution in [1.29, 1.82) is 0 Å². The summed E-state index contributed by atoms with van der Waals surface area (Å²) < 4.78 is 1.58. The van der Waals surface area contributed by atoms with Crippen LogP contribution in [0.4, 0.5) is 5.13 Å². The molecule has 1 amide bonds. The van der Waals surface area contributed by atoms with E-state index in [2.05, 4.69) is 20.6 Å². The number of rotatable bonds is 4. The molecule has 1 aliphatic rings. The molecule has 6 nitrogen and oxygen atoms in total. The zero-order valence-electron chi connectivity index (χ0n) is 11.6. The van der Waals surface area contributed by atoms with Gasteiger partial charge in [-0.15, -0.1) is 16.4 Å². The highest BCUT2D eigenvalue weighted by molar-refractivity contribution is 7.14. The third kappa shape index (κ3) is 2.62. The number of aromatic nitrogens is 4. The molecule has 2 heterocycles. The van der Waals surface area contributed by atoms with Gasteiger partial charge in [-0.3, -0.25) is 10.1 Å².